The number of halogens is 4. The van der Waals surface area contributed by atoms with E-state index in [9.17, 15) is 25.8 Å². The third-order valence-corrected chi connectivity index (χ3v) is 4.42. The van der Waals surface area contributed by atoms with Gasteiger partial charge in [-0.1, -0.05) is 18.5 Å². The Morgan fingerprint density at radius 1 is 1.25 bits per heavy atom. The van der Waals surface area contributed by atoms with Crippen LogP contribution >= 0.6 is 0 Å². The normalized spacial score (nSPS) is 12.4. The van der Waals surface area contributed by atoms with Gasteiger partial charge in [-0.2, -0.15) is 0 Å². The van der Waals surface area contributed by atoms with E-state index in [1.54, 1.807) is 0 Å². The molecule has 0 radical (unpaired) electrons. The third kappa shape index (κ3) is 5.03. The molecule has 1 rings (SSSR count). The van der Waals surface area contributed by atoms with Gasteiger partial charge in [-0.3, -0.25) is 0 Å². The van der Waals surface area contributed by atoms with Crippen molar-refractivity contribution in [1.29, 1.82) is 0 Å². The van der Waals surface area contributed by atoms with Crippen molar-refractivity contribution in [2.24, 2.45) is 0 Å². The lowest BCUT2D eigenvalue weighted by molar-refractivity contribution is 0.316. The average Bonchev–Trinajstić information content (AvgIpc) is 2.33. The summed E-state index contributed by atoms with van der Waals surface area (Å²) < 4.78 is 77.7. The summed E-state index contributed by atoms with van der Waals surface area (Å²) in [6, 6.07) is 2.29. The molecule has 0 N–H and O–H groups in total. The van der Waals surface area contributed by atoms with Gasteiger partial charge in [-0.25, -0.2) is 12.8 Å². The molecule has 0 aliphatic rings. The van der Waals surface area contributed by atoms with Crippen molar-refractivity contribution < 1.29 is 30.5 Å². The summed E-state index contributed by atoms with van der Waals surface area (Å²) in [6.45, 7) is -3.88. The Kier molecular flexibility index (Phi) is 5.44. The highest BCUT2D eigenvalue weighted by Gasteiger charge is 2.28. The Labute approximate surface area is 114 Å². The maximum Gasteiger partial charge on any atom is 0.512 e. The van der Waals surface area contributed by atoms with Gasteiger partial charge in [0, 0.05) is 11.8 Å². The minimum atomic E-state index is -5.39. The second kappa shape index (κ2) is 6.47. The van der Waals surface area contributed by atoms with Crippen molar-refractivity contribution in [2.75, 3.05) is 18.1 Å². The minimum absolute atomic E-state index is 0.00478. The van der Waals surface area contributed by atoms with Crippen LogP contribution in [-0.4, -0.2) is 33.5 Å². The fourth-order valence-corrected chi connectivity index (χ4v) is 2.32. The molecule has 20 heavy (non-hydrogen) atoms. The van der Waals surface area contributed by atoms with Gasteiger partial charge < -0.3 is 17.7 Å². The molecule has 9 heteroatoms. The van der Waals surface area contributed by atoms with Gasteiger partial charge in [0.25, 0.3) is 0 Å². The maximum atomic E-state index is 13.2. The molecule has 0 amide bonds. The van der Waals surface area contributed by atoms with Crippen LogP contribution in [0, 0.1) is 5.82 Å². The van der Waals surface area contributed by atoms with E-state index in [2.05, 4.69) is 0 Å². The molecule has 0 atom stereocenters. The van der Waals surface area contributed by atoms with Crippen molar-refractivity contribution in [3.63, 3.8) is 0 Å². The van der Waals surface area contributed by atoms with Gasteiger partial charge in [-0.05, 0) is 12.5 Å². The van der Waals surface area contributed by atoms with Gasteiger partial charge in [0.05, 0.1) is 18.2 Å². The van der Waals surface area contributed by atoms with Crippen LogP contribution in [0.2, 0.25) is 0 Å². The molecule has 0 aliphatic heterocycles. The van der Waals surface area contributed by atoms with Gasteiger partial charge >= 0.3 is 6.98 Å². The SMILES string of the molecule is CCS(=O)(=O)CCCOc1ccc([B-](F)(F)F)c(F)c1. The van der Waals surface area contributed by atoms with E-state index < -0.39 is 28.1 Å². The van der Waals surface area contributed by atoms with Crippen molar-refractivity contribution in [3.05, 3.63) is 24.0 Å². The summed E-state index contributed by atoms with van der Waals surface area (Å²) in [5.74, 6) is -1.50. The van der Waals surface area contributed by atoms with Crippen molar-refractivity contribution in [2.45, 2.75) is 13.3 Å². The molecule has 0 fully saturated rings. The number of sulfone groups is 1. The lowest BCUT2D eigenvalue weighted by Gasteiger charge is -2.16. The third-order valence-electron chi connectivity index (χ3n) is 2.63. The molecule has 0 bridgehead atoms. The standard InChI is InChI=1S/C11H14BF4O3S/c1-2-20(17,18)7-3-6-19-9-4-5-10(11(13)8-9)12(14,15)16/h4-5,8H,2-3,6-7H2,1H3/q-1. The molecular weight excluding hydrogens is 299 g/mol. The molecule has 0 saturated carbocycles. The van der Waals surface area contributed by atoms with Gasteiger partial charge in [0.15, 0.2) is 0 Å². The van der Waals surface area contributed by atoms with E-state index in [-0.39, 0.29) is 30.3 Å². The van der Waals surface area contributed by atoms with Gasteiger partial charge in [0.2, 0.25) is 0 Å². The predicted molar refractivity (Wildman–Crippen MR) is 69.6 cm³/mol. The topological polar surface area (TPSA) is 43.4 Å². The second-order valence-electron chi connectivity index (χ2n) is 4.20. The summed E-state index contributed by atoms with van der Waals surface area (Å²) in [4.78, 5) is 0. The fourth-order valence-electron chi connectivity index (χ4n) is 1.48. The second-order valence-corrected chi connectivity index (χ2v) is 6.67. The monoisotopic (exact) mass is 313 g/mol. The Hall–Kier alpha value is -1.25. The van der Waals surface area contributed by atoms with Gasteiger partial charge in [0.1, 0.15) is 15.6 Å². The van der Waals surface area contributed by atoms with E-state index >= 15 is 0 Å². The molecule has 1 aromatic carbocycles. The Balaban J connectivity index is 2.57. The summed E-state index contributed by atoms with van der Waals surface area (Å²) in [5.41, 5.74) is -1.30. The zero-order chi connectivity index (χ0) is 15.4. The first-order chi connectivity index (χ1) is 9.15. The quantitative estimate of drug-likeness (QED) is 0.440. The maximum absolute atomic E-state index is 13.2. The first-order valence-electron chi connectivity index (χ1n) is 5.98. The van der Waals surface area contributed by atoms with Crippen LogP contribution in [-0.2, 0) is 9.84 Å². The molecule has 0 saturated heterocycles. The summed E-state index contributed by atoms with van der Waals surface area (Å²) >= 11 is 0. The van der Waals surface area contributed by atoms with E-state index in [1.807, 2.05) is 0 Å². The molecule has 0 unspecified atom stereocenters. The summed E-state index contributed by atoms with van der Waals surface area (Å²) in [7, 11) is -3.11. The van der Waals surface area contributed by atoms with Crippen molar-refractivity contribution in [1.82, 2.24) is 0 Å². The molecule has 0 heterocycles. The molecule has 1 aromatic rings. The van der Waals surface area contributed by atoms with Crippen molar-refractivity contribution >= 4 is 22.3 Å². The average molecular weight is 313 g/mol. The van der Waals surface area contributed by atoms with Crippen LogP contribution < -0.4 is 10.2 Å². The first kappa shape index (κ1) is 16.8. The first-order valence-corrected chi connectivity index (χ1v) is 7.80. The van der Waals surface area contributed by atoms with Gasteiger partial charge in [-0.15, -0.1) is 0 Å². The molecule has 0 aliphatic carbocycles. The van der Waals surface area contributed by atoms with E-state index in [1.165, 1.54) is 6.92 Å². The van der Waals surface area contributed by atoms with E-state index in [0.717, 1.165) is 6.07 Å². The number of ether oxygens (including phenoxy) is 1. The smallest absolute Gasteiger partial charge is 0.493 e. The van der Waals surface area contributed by atoms with Crippen LogP contribution in [0.15, 0.2) is 18.2 Å². The Morgan fingerprint density at radius 3 is 2.40 bits per heavy atom. The minimum Gasteiger partial charge on any atom is -0.493 e. The lowest BCUT2D eigenvalue weighted by Crippen LogP contribution is -2.36. The number of hydrogen-bond donors (Lipinski definition) is 0. The highest BCUT2D eigenvalue weighted by Crippen LogP contribution is 2.17. The van der Waals surface area contributed by atoms with E-state index in [4.69, 9.17) is 4.74 Å². The molecule has 0 aromatic heterocycles. The summed E-state index contributed by atoms with van der Waals surface area (Å²) in [5, 5.41) is 0. The van der Waals surface area contributed by atoms with Crippen LogP contribution in [0.3, 0.4) is 0 Å². The van der Waals surface area contributed by atoms with Crippen LogP contribution in [0.1, 0.15) is 13.3 Å². The highest BCUT2D eigenvalue weighted by atomic mass is 32.2. The zero-order valence-corrected chi connectivity index (χ0v) is 11.6. The van der Waals surface area contributed by atoms with E-state index in [0.29, 0.717) is 12.1 Å². The van der Waals surface area contributed by atoms with Crippen LogP contribution in [0.25, 0.3) is 0 Å². The van der Waals surface area contributed by atoms with Crippen LogP contribution in [0.4, 0.5) is 17.3 Å². The highest BCUT2D eigenvalue weighted by molar-refractivity contribution is 7.91. The zero-order valence-electron chi connectivity index (χ0n) is 10.8. The Morgan fingerprint density at radius 2 is 1.90 bits per heavy atom. The molecule has 0 spiro atoms. The number of rotatable bonds is 7. The largest absolute Gasteiger partial charge is 0.512 e. The molecular formula is C11H14BF4O3S-. The Bertz CT molecular complexity index is 557. The molecule has 3 nitrogen and oxygen atoms in total. The number of benzene rings is 1. The fraction of sp³-hybridized carbons (Fsp3) is 0.455. The summed E-state index contributed by atoms with van der Waals surface area (Å²) in [6.07, 6.45) is 0.197. The molecule has 114 valence electrons. The van der Waals surface area contributed by atoms with Crippen molar-refractivity contribution in [3.8, 4) is 5.75 Å². The number of hydrogen-bond acceptors (Lipinski definition) is 3. The van der Waals surface area contributed by atoms with Crippen LogP contribution in [0.5, 0.6) is 5.75 Å². The predicted octanol–water partition coefficient (Wildman–Crippen LogP) is 2.08. The lowest BCUT2D eigenvalue weighted by atomic mass is 9.80.